The molecule has 0 radical (unpaired) electrons. The van der Waals surface area contributed by atoms with E-state index in [9.17, 15) is 19.7 Å². The summed E-state index contributed by atoms with van der Waals surface area (Å²) in [5, 5.41) is 15.9. The van der Waals surface area contributed by atoms with E-state index in [1.165, 1.54) is 24.3 Å². The first-order chi connectivity index (χ1) is 12.5. The van der Waals surface area contributed by atoms with Gasteiger partial charge in [-0.15, -0.1) is 0 Å². The van der Waals surface area contributed by atoms with E-state index in [0.717, 1.165) is 5.75 Å². The molecule has 0 bridgehead atoms. The van der Waals surface area contributed by atoms with Crippen molar-refractivity contribution in [2.45, 2.75) is 13.3 Å². The molecule has 0 fully saturated rings. The number of carbonyl (C=O) groups excluding carboxylic acids is 2. The Kier molecular flexibility index (Phi) is 6.67. The van der Waals surface area contributed by atoms with Crippen LogP contribution in [0.4, 0.5) is 11.4 Å². The first-order valence-corrected chi connectivity index (χ1v) is 8.05. The number of rotatable bonds is 8. The SMILES string of the molecule is CCOc1ccc(NC(=O)CCNC(=O)c2ccc([N+](=O)[O-])cc2)cc1. The van der Waals surface area contributed by atoms with Crippen LogP contribution in [0.15, 0.2) is 48.5 Å². The predicted octanol–water partition coefficient (Wildman–Crippen LogP) is 2.75. The van der Waals surface area contributed by atoms with E-state index < -0.39 is 10.8 Å². The Hall–Kier alpha value is -3.42. The number of nitrogens with one attached hydrogen (secondary N) is 2. The summed E-state index contributed by atoms with van der Waals surface area (Å²) in [6.07, 6.45) is 0.103. The van der Waals surface area contributed by atoms with Crippen LogP contribution in [0.5, 0.6) is 5.75 Å². The summed E-state index contributed by atoms with van der Waals surface area (Å²) in [7, 11) is 0. The molecule has 0 saturated carbocycles. The third-order valence-electron chi connectivity index (χ3n) is 3.43. The van der Waals surface area contributed by atoms with E-state index in [-0.39, 0.29) is 24.6 Å². The van der Waals surface area contributed by atoms with Crippen molar-refractivity contribution in [1.82, 2.24) is 5.32 Å². The average molecular weight is 357 g/mol. The van der Waals surface area contributed by atoms with Crippen LogP contribution in [0.3, 0.4) is 0 Å². The molecule has 136 valence electrons. The quantitative estimate of drug-likeness (QED) is 0.557. The number of benzene rings is 2. The van der Waals surface area contributed by atoms with E-state index in [2.05, 4.69) is 10.6 Å². The van der Waals surface area contributed by atoms with Gasteiger partial charge in [0.15, 0.2) is 0 Å². The van der Waals surface area contributed by atoms with Gasteiger partial charge in [0.2, 0.25) is 5.91 Å². The zero-order valence-corrected chi connectivity index (χ0v) is 14.2. The van der Waals surface area contributed by atoms with Crippen molar-refractivity contribution in [2.24, 2.45) is 0 Å². The number of nitro benzene ring substituents is 1. The van der Waals surface area contributed by atoms with Gasteiger partial charge in [0.1, 0.15) is 5.75 Å². The fraction of sp³-hybridized carbons (Fsp3) is 0.222. The van der Waals surface area contributed by atoms with E-state index in [1.807, 2.05) is 6.92 Å². The van der Waals surface area contributed by atoms with Gasteiger partial charge in [0, 0.05) is 36.3 Å². The maximum Gasteiger partial charge on any atom is 0.269 e. The summed E-state index contributed by atoms with van der Waals surface area (Å²) in [6.45, 7) is 2.61. The van der Waals surface area contributed by atoms with Crippen molar-refractivity contribution in [1.29, 1.82) is 0 Å². The highest BCUT2D eigenvalue weighted by Crippen LogP contribution is 2.15. The van der Waals surface area contributed by atoms with Gasteiger partial charge in [-0.2, -0.15) is 0 Å². The van der Waals surface area contributed by atoms with Gasteiger partial charge < -0.3 is 15.4 Å². The highest BCUT2D eigenvalue weighted by Gasteiger charge is 2.10. The van der Waals surface area contributed by atoms with Crippen LogP contribution < -0.4 is 15.4 Å². The normalized spacial score (nSPS) is 10.0. The van der Waals surface area contributed by atoms with Crippen molar-refractivity contribution >= 4 is 23.2 Å². The van der Waals surface area contributed by atoms with Crippen LogP contribution in [-0.4, -0.2) is 29.9 Å². The molecule has 0 saturated heterocycles. The molecule has 26 heavy (non-hydrogen) atoms. The number of amides is 2. The molecule has 2 aromatic rings. The topological polar surface area (TPSA) is 111 Å². The number of carbonyl (C=O) groups is 2. The van der Waals surface area contributed by atoms with Crippen LogP contribution in [0, 0.1) is 10.1 Å². The molecule has 0 unspecified atom stereocenters. The van der Waals surface area contributed by atoms with Gasteiger partial charge in [0.25, 0.3) is 11.6 Å². The molecule has 2 N–H and O–H groups in total. The highest BCUT2D eigenvalue weighted by molar-refractivity contribution is 5.95. The zero-order chi connectivity index (χ0) is 18.9. The summed E-state index contributed by atoms with van der Waals surface area (Å²) >= 11 is 0. The second-order valence-corrected chi connectivity index (χ2v) is 5.32. The number of anilines is 1. The summed E-state index contributed by atoms with van der Waals surface area (Å²) in [4.78, 5) is 33.9. The molecule has 0 aliphatic carbocycles. The van der Waals surface area contributed by atoms with Crippen LogP contribution in [0.1, 0.15) is 23.7 Å². The van der Waals surface area contributed by atoms with E-state index in [4.69, 9.17) is 4.74 Å². The zero-order valence-electron chi connectivity index (χ0n) is 14.2. The molecular formula is C18H19N3O5. The molecule has 0 atom stereocenters. The monoisotopic (exact) mass is 357 g/mol. The Balaban J connectivity index is 1.76. The first kappa shape index (κ1) is 18.9. The number of hydrogen-bond donors (Lipinski definition) is 2. The fourth-order valence-corrected chi connectivity index (χ4v) is 2.15. The Morgan fingerprint density at radius 1 is 1.08 bits per heavy atom. The van der Waals surface area contributed by atoms with Crippen molar-refractivity contribution < 1.29 is 19.2 Å². The van der Waals surface area contributed by atoms with Crippen molar-refractivity contribution in [2.75, 3.05) is 18.5 Å². The Bertz CT molecular complexity index is 772. The molecular weight excluding hydrogens is 338 g/mol. The summed E-state index contributed by atoms with van der Waals surface area (Å²) in [6, 6.07) is 12.2. The third kappa shape index (κ3) is 5.59. The molecule has 8 heteroatoms. The minimum absolute atomic E-state index is 0.0868. The Morgan fingerprint density at radius 3 is 2.31 bits per heavy atom. The molecule has 0 aliphatic rings. The second-order valence-electron chi connectivity index (χ2n) is 5.32. The van der Waals surface area contributed by atoms with E-state index in [1.54, 1.807) is 24.3 Å². The lowest BCUT2D eigenvalue weighted by molar-refractivity contribution is -0.384. The average Bonchev–Trinajstić information content (AvgIpc) is 2.63. The van der Waals surface area contributed by atoms with Gasteiger partial charge in [-0.3, -0.25) is 19.7 Å². The van der Waals surface area contributed by atoms with Gasteiger partial charge in [-0.25, -0.2) is 0 Å². The van der Waals surface area contributed by atoms with E-state index >= 15 is 0 Å². The maximum atomic E-state index is 11.9. The number of nitrogens with zero attached hydrogens (tertiary/aromatic N) is 1. The van der Waals surface area contributed by atoms with Crippen LogP contribution in [0.25, 0.3) is 0 Å². The minimum Gasteiger partial charge on any atom is -0.494 e. The van der Waals surface area contributed by atoms with Gasteiger partial charge in [-0.05, 0) is 43.3 Å². The van der Waals surface area contributed by atoms with Crippen LogP contribution in [-0.2, 0) is 4.79 Å². The fourth-order valence-electron chi connectivity index (χ4n) is 2.15. The molecule has 8 nitrogen and oxygen atoms in total. The molecule has 0 aromatic heterocycles. The van der Waals surface area contributed by atoms with Crippen molar-refractivity contribution in [3.8, 4) is 5.75 Å². The number of nitro groups is 1. The Labute approximate surface area is 150 Å². The van der Waals surface area contributed by atoms with Crippen molar-refractivity contribution in [3.05, 3.63) is 64.2 Å². The van der Waals surface area contributed by atoms with Gasteiger partial charge in [-0.1, -0.05) is 0 Å². The van der Waals surface area contributed by atoms with Crippen LogP contribution >= 0.6 is 0 Å². The highest BCUT2D eigenvalue weighted by atomic mass is 16.6. The lowest BCUT2D eigenvalue weighted by atomic mass is 10.2. The maximum absolute atomic E-state index is 11.9. The Morgan fingerprint density at radius 2 is 1.73 bits per heavy atom. The second kappa shape index (κ2) is 9.16. The molecule has 2 amide bonds. The number of hydrogen-bond acceptors (Lipinski definition) is 5. The smallest absolute Gasteiger partial charge is 0.269 e. The molecule has 0 aliphatic heterocycles. The summed E-state index contributed by atoms with van der Waals surface area (Å²) < 4.78 is 5.32. The summed E-state index contributed by atoms with van der Waals surface area (Å²) in [5.74, 6) is 0.0905. The minimum atomic E-state index is -0.535. The largest absolute Gasteiger partial charge is 0.494 e. The van der Waals surface area contributed by atoms with E-state index in [0.29, 0.717) is 17.9 Å². The third-order valence-corrected chi connectivity index (χ3v) is 3.43. The summed E-state index contributed by atoms with van der Waals surface area (Å²) in [5.41, 5.74) is 0.846. The van der Waals surface area contributed by atoms with Gasteiger partial charge >= 0.3 is 0 Å². The van der Waals surface area contributed by atoms with Crippen LogP contribution in [0.2, 0.25) is 0 Å². The number of non-ortho nitro benzene ring substituents is 1. The number of ether oxygens (including phenoxy) is 1. The van der Waals surface area contributed by atoms with Gasteiger partial charge in [0.05, 0.1) is 11.5 Å². The molecule has 2 rings (SSSR count). The molecule has 0 spiro atoms. The lowest BCUT2D eigenvalue weighted by Crippen LogP contribution is -2.27. The molecule has 0 heterocycles. The lowest BCUT2D eigenvalue weighted by Gasteiger charge is -2.08. The molecule has 2 aromatic carbocycles. The standard InChI is InChI=1S/C18H19N3O5/c1-2-26-16-9-5-14(6-10-16)20-17(22)11-12-19-18(23)13-3-7-15(8-4-13)21(24)25/h3-10H,2,11-12H2,1H3,(H,19,23)(H,20,22). The predicted molar refractivity (Wildman–Crippen MR) is 96.3 cm³/mol. The first-order valence-electron chi connectivity index (χ1n) is 8.05. The van der Waals surface area contributed by atoms with Crippen molar-refractivity contribution in [3.63, 3.8) is 0 Å².